The topological polar surface area (TPSA) is 66.4 Å². The Kier molecular flexibility index (Phi) is 6.70. The van der Waals surface area contributed by atoms with E-state index in [9.17, 15) is 14.7 Å². The Balaban J connectivity index is 0. The van der Waals surface area contributed by atoms with E-state index in [1.165, 1.54) is 13.8 Å². The minimum atomic E-state index is -1.55. The van der Waals surface area contributed by atoms with Gasteiger partial charge >= 0.3 is 35.5 Å². The van der Waals surface area contributed by atoms with Crippen molar-refractivity contribution in [2.75, 3.05) is 6.61 Å². The fourth-order valence-electron chi connectivity index (χ4n) is 0.395. The number of esters is 1. The van der Waals surface area contributed by atoms with Crippen molar-refractivity contribution in [2.45, 2.75) is 20.8 Å². The molecule has 0 aliphatic carbocycles. The second-order valence-electron chi connectivity index (χ2n) is 2.63. The normalized spacial score (nSPS) is 9.92. The Morgan fingerprint density at radius 1 is 1.42 bits per heavy atom. The van der Waals surface area contributed by atoms with Gasteiger partial charge in [-0.2, -0.15) is 0 Å². The molecule has 0 aliphatic rings. The van der Waals surface area contributed by atoms with E-state index in [1.54, 1.807) is 6.92 Å². The van der Waals surface area contributed by atoms with E-state index in [0.717, 1.165) is 0 Å². The molecule has 0 aliphatic heterocycles. The summed E-state index contributed by atoms with van der Waals surface area (Å²) >= 11 is 0. The van der Waals surface area contributed by atoms with Crippen LogP contribution in [-0.2, 0) is 14.3 Å². The number of rotatable bonds is 3. The molecular weight excluding hydrogens is 171 g/mol. The Labute approximate surface area is 93.6 Å². The van der Waals surface area contributed by atoms with Gasteiger partial charge in [0.25, 0.3) is 0 Å². The van der Waals surface area contributed by atoms with Crippen LogP contribution in [0, 0.1) is 5.41 Å². The second-order valence-corrected chi connectivity index (χ2v) is 2.63. The summed E-state index contributed by atoms with van der Waals surface area (Å²) in [4.78, 5) is 21.2. The van der Waals surface area contributed by atoms with Gasteiger partial charge in [0.1, 0.15) is 5.41 Å². The summed E-state index contributed by atoms with van der Waals surface area (Å²) in [5.41, 5.74) is -1.55. The molecule has 0 rings (SSSR count). The third-order valence-corrected chi connectivity index (χ3v) is 1.30. The molecule has 5 heteroatoms. The van der Waals surface area contributed by atoms with Gasteiger partial charge in [0, 0.05) is 0 Å². The standard InChI is InChI=1S/C7H12O4.Na/c1-4-11-6(10)7(2,3)5(8)9;/h4H2,1-3H3,(H,8,9);/q;+1/p-1. The van der Waals surface area contributed by atoms with Crippen LogP contribution in [0.15, 0.2) is 0 Å². The Morgan fingerprint density at radius 3 is 2.08 bits per heavy atom. The summed E-state index contributed by atoms with van der Waals surface area (Å²) in [7, 11) is 0. The van der Waals surface area contributed by atoms with Crippen LogP contribution in [0.3, 0.4) is 0 Å². The first-order valence-electron chi connectivity index (χ1n) is 3.31. The second kappa shape index (κ2) is 5.56. The Morgan fingerprint density at radius 2 is 1.83 bits per heavy atom. The molecule has 0 amide bonds. The molecule has 0 heterocycles. The molecule has 0 aromatic rings. The molecule has 0 bridgehead atoms. The quantitative estimate of drug-likeness (QED) is 0.256. The maximum Gasteiger partial charge on any atom is 1.00 e. The fraction of sp³-hybridized carbons (Fsp3) is 0.714. The molecule has 4 nitrogen and oxygen atoms in total. The average Bonchev–Trinajstić information content (AvgIpc) is 1.88. The van der Waals surface area contributed by atoms with Gasteiger partial charge < -0.3 is 14.6 Å². The first kappa shape index (κ1) is 14.5. The summed E-state index contributed by atoms with van der Waals surface area (Å²) in [6.07, 6.45) is 0. The molecule has 12 heavy (non-hydrogen) atoms. The van der Waals surface area contributed by atoms with Gasteiger partial charge in [0.05, 0.1) is 12.6 Å². The number of hydrogen-bond acceptors (Lipinski definition) is 4. The summed E-state index contributed by atoms with van der Waals surface area (Å²) in [5.74, 6) is -2.18. The Bertz CT molecular complexity index is 176. The maximum absolute atomic E-state index is 10.9. The molecule has 0 radical (unpaired) electrons. The zero-order valence-electron chi connectivity index (χ0n) is 7.84. The van der Waals surface area contributed by atoms with Crippen LogP contribution in [0.2, 0.25) is 0 Å². The monoisotopic (exact) mass is 182 g/mol. The molecular formula is C7H11NaO4. The van der Waals surface area contributed by atoms with Crippen molar-refractivity contribution in [1.82, 2.24) is 0 Å². The third-order valence-electron chi connectivity index (χ3n) is 1.30. The van der Waals surface area contributed by atoms with Crippen LogP contribution in [-0.4, -0.2) is 18.5 Å². The minimum Gasteiger partial charge on any atom is -0.549 e. The summed E-state index contributed by atoms with van der Waals surface area (Å²) < 4.78 is 4.51. The summed E-state index contributed by atoms with van der Waals surface area (Å²) in [6, 6.07) is 0. The molecule has 0 fully saturated rings. The van der Waals surface area contributed by atoms with Crippen molar-refractivity contribution < 1.29 is 49.0 Å². The van der Waals surface area contributed by atoms with Gasteiger partial charge in [-0.05, 0) is 20.8 Å². The number of aliphatic carboxylic acids is 1. The molecule has 0 N–H and O–H groups in total. The van der Waals surface area contributed by atoms with Crippen molar-refractivity contribution in [2.24, 2.45) is 5.41 Å². The summed E-state index contributed by atoms with van der Waals surface area (Å²) in [5, 5.41) is 10.3. The molecule has 0 saturated heterocycles. The van der Waals surface area contributed by atoms with Gasteiger partial charge in [-0.3, -0.25) is 4.79 Å². The van der Waals surface area contributed by atoms with Gasteiger partial charge in [0.2, 0.25) is 0 Å². The van der Waals surface area contributed by atoms with E-state index in [4.69, 9.17) is 0 Å². The molecule has 64 valence electrons. The van der Waals surface area contributed by atoms with E-state index in [-0.39, 0.29) is 36.2 Å². The van der Waals surface area contributed by atoms with Crippen molar-refractivity contribution >= 4 is 11.9 Å². The number of ether oxygens (including phenoxy) is 1. The average molecular weight is 182 g/mol. The zero-order chi connectivity index (χ0) is 9.07. The van der Waals surface area contributed by atoms with E-state index in [1.807, 2.05) is 0 Å². The van der Waals surface area contributed by atoms with Gasteiger partial charge in [0.15, 0.2) is 0 Å². The van der Waals surface area contributed by atoms with E-state index in [2.05, 4.69) is 4.74 Å². The molecule has 0 saturated carbocycles. The molecule has 0 atom stereocenters. The molecule has 0 spiro atoms. The van der Waals surface area contributed by atoms with E-state index < -0.39 is 17.4 Å². The van der Waals surface area contributed by atoms with Crippen LogP contribution in [0.4, 0.5) is 0 Å². The van der Waals surface area contributed by atoms with Crippen LogP contribution in [0.5, 0.6) is 0 Å². The number of carbonyl (C=O) groups excluding carboxylic acids is 2. The largest absolute Gasteiger partial charge is 1.00 e. The number of carbonyl (C=O) groups is 2. The predicted molar refractivity (Wildman–Crippen MR) is 35.4 cm³/mol. The van der Waals surface area contributed by atoms with E-state index in [0.29, 0.717) is 0 Å². The molecule has 0 unspecified atom stereocenters. The smallest absolute Gasteiger partial charge is 0.549 e. The van der Waals surface area contributed by atoms with Crippen LogP contribution in [0.25, 0.3) is 0 Å². The zero-order valence-corrected chi connectivity index (χ0v) is 9.84. The van der Waals surface area contributed by atoms with Crippen LogP contribution in [0.1, 0.15) is 20.8 Å². The first-order chi connectivity index (χ1) is 4.92. The fourth-order valence-corrected chi connectivity index (χ4v) is 0.395. The SMILES string of the molecule is CCOC(=O)C(C)(C)C(=O)[O-].[Na+]. The summed E-state index contributed by atoms with van der Waals surface area (Å²) in [6.45, 7) is 4.29. The van der Waals surface area contributed by atoms with Gasteiger partial charge in [-0.15, -0.1) is 0 Å². The van der Waals surface area contributed by atoms with Crippen molar-refractivity contribution in [1.29, 1.82) is 0 Å². The number of carboxylic acid groups (broad SMARTS) is 1. The first-order valence-corrected chi connectivity index (χ1v) is 3.31. The third kappa shape index (κ3) is 3.56. The van der Waals surface area contributed by atoms with E-state index >= 15 is 0 Å². The van der Waals surface area contributed by atoms with Crippen LogP contribution < -0.4 is 34.7 Å². The van der Waals surface area contributed by atoms with Crippen molar-refractivity contribution in [3.63, 3.8) is 0 Å². The number of hydrogen-bond donors (Lipinski definition) is 0. The van der Waals surface area contributed by atoms with Crippen molar-refractivity contribution in [3.8, 4) is 0 Å². The van der Waals surface area contributed by atoms with Gasteiger partial charge in [-0.1, -0.05) is 0 Å². The molecule has 0 aromatic carbocycles. The number of carboxylic acids is 1. The predicted octanol–water partition coefficient (Wildman–Crippen LogP) is -3.67. The minimum absolute atomic E-state index is 0. The van der Waals surface area contributed by atoms with Gasteiger partial charge in [-0.25, -0.2) is 0 Å². The molecule has 0 aromatic heterocycles. The van der Waals surface area contributed by atoms with Crippen molar-refractivity contribution in [3.05, 3.63) is 0 Å². The Hall–Kier alpha value is -0.0600. The maximum atomic E-state index is 10.9. The van der Waals surface area contributed by atoms with Crippen LogP contribution >= 0.6 is 0 Å².